The molecule has 0 saturated carbocycles. The first-order chi connectivity index (χ1) is 15.4. The normalized spacial score (nSPS) is 31.3. The Hall–Kier alpha value is -1.97. The highest BCUT2D eigenvalue weighted by Gasteiger charge is 2.58. The summed E-state index contributed by atoms with van der Waals surface area (Å²) in [6.07, 6.45) is 4.57. The Morgan fingerprint density at radius 1 is 1.28 bits per heavy atom. The molecule has 2 N–H and O–H groups in total. The molecule has 0 unspecified atom stereocenters. The summed E-state index contributed by atoms with van der Waals surface area (Å²) in [4.78, 5) is 43.4. The van der Waals surface area contributed by atoms with E-state index in [1.54, 1.807) is 13.8 Å². The van der Waals surface area contributed by atoms with Crippen molar-refractivity contribution in [1.29, 1.82) is 0 Å². The highest BCUT2D eigenvalue weighted by atomic mass is 16.5. The largest absolute Gasteiger partial charge is 0.466 e. The number of morpholine rings is 1. The number of esters is 1. The van der Waals surface area contributed by atoms with Crippen LogP contribution in [0.15, 0.2) is 12.2 Å². The number of nitrogens with zero attached hydrogens (tertiary/aromatic N) is 2. The first kappa shape index (κ1) is 24.7. The van der Waals surface area contributed by atoms with Crippen LogP contribution in [0.1, 0.15) is 27.2 Å². The van der Waals surface area contributed by atoms with Crippen LogP contribution in [-0.2, 0) is 23.9 Å². The predicted molar refractivity (Wildman–Crippen MR) is 117 cm³/mol. The zero-order valence-electron chi connectivity index (χ0n) is 19.4. The Labute approximate surface area is 190 Å². The van der Waals surface area contributed by atoms with Gasteiger partial charge in [-0.1, -0.05) is 19.1 Å². The summed E-state index contributed by atoms with van der Waals surface area (Å²) in [5, 5.41) is 12.8. The lowest BCUT2D eigenvalue weighted by Crippen LogP contribution is -2.52. The standard InChI is InChI=1S/C23H37N3O6/c1-4-16-6-7-17-19(18(16)23(30)32-5-2)22(29)26(15(3)14-27)20(17)21(28)24-8-9-25-10-12-31-13-11-25/h6-7,15-20,27H,4-5,8-14H2,1-3H3,(H,24,28)/t15-,16-,17+,18-,19+,20+/m1/s1. The van der Waals surface area contributed by atoms with Gasteiger partial charge in [0.25, 0.3) is 0 Å². The number of hydrogen-bond donors (Lipinski definition) is 2. The lowest BCUT2D eigenvalue weighted by atomic mass is 9.69. The topological polar surface area (TPSA) is 108 Å². The van der Waals surface area contributed by atoms with Crippen molar-refractivity contribution in [3.63, 3.8) is 0 Å². The van der Waals surface area contributed by atoms with E-state index < -0.39 is 35.8 Å². The van der Waals surface area contributed by atoms with Crippen molar-refractivity contribution in [3.8, 4) is 0 Å². The second kappa shape index (κ2) is 11.2. The Balaban J connectivity index is 1.80. The first-order valence-electron chi connectivity index (χ1n) is 11.8. The Morgan fingerprint density at radius 2 is 2.00 bits per heavy atom. The number of allylic oxidation sites excluding steroid dienone is 1. The molecule has 0 radical (unpaired) electrons. The van der Waals surface area contributed by atoms with Crippen molar-refractivity contribution in [3.05, 3.63) is 12.2 Å². The molecule has 6 atom stereocenters. The Morgan fingerprint density at radius 3 is 2.62 bits per heavy atom. The van der Waals surface area contributed by atoms with Crippen molar-refractivity contribution in [2.24, 2.45) is 23.7 Å². The third kappa shape index (κ3) is 5.00. The van der Waals surface area contributed by atoms with Crippen molar-refractivity contribution in [2.75, 3.05) is 52.6 Å². The van der Waals surface area contributed by atoms with Gasteiger partial charge in [-0.15, -0.1) is 0 Å². The van der Waals surface area contributed by atoms with E-state index in [9.17, 15) is 19.5 Å². The second-order valence-corrected chi connectivity index (χ2v) is 8.80. The number of likely N-dealkylation sites (tertiary alicyclic amines) is 1. The van der Waals surface area contributed by atoms with E-state index in [4.69, 9.17) is 9.47 Å². The molecule has 9 heteroatoms. The maximum atomic E-state index is 13.5. The van der Waals surface area contributed by atoms with Gasteiger partial charge in [0.05, 0.1) is 44.3 Å². The van der Waals surface area contributed by atoms with Gasteiger partial charge in [-0.25, -0.2) is 0 Å². The molecule has 1 aliphatic carbocycles. The molecule has 9 nitrogen and oxygen atoms in total. The number of nitrogens with one attached hydrogen (secondary N) is 1. The summed E-state index contributed by atoms with van der Waals surface area (Å²) < 4.78 is 10.7. The average Bonchev–Trinajstić information content (AvgIpc) is 3.11. The molecule has 0 aromatic heterocycles. The number of fused-ring (bicyclic) bond motifs is 1. The SMILES string of the molecule is CCOC(=O)[C@H]1[C@H]2C(=O)N([C@H](C)CO)[C@H](C(=O)NCCN3CCOCC3)[C@H]2C=C[C@H]1CC. The van der Waals surface area contributed by atoms with Gasteiger partial charge < -0.3 is 24.8 Å². The molecular formula is C23H37N3O6. The van der Waals surface area contributed by atoms with Crippen molar-refractivity contribution in [2.45, 2.75) is 39.3 Å². The van der Waals surface area contributed by atoms with Crippen LogP contribution in [0.2, 0.25) is 0 Å². The lowest BCUT2D eigenvalue weighted by Gasteiger charge is -2.33. The zero-order chi connectivity index (χ0) is 23.3. The van der Waals surface area contributed by atoms with Crippen LogP contribution < -0.4 is 5.32 Å². The summed E-state index contributed by atoms with van der Waals surface area (Å²) in [5.74, 6) is -2.73. The lowest BCUT2D eigenvalue weighted by molar-refractivity contribution is -0.156. The van der Waals surface area contributed by atoms with Gasteiger partial charge in [0.2, 0.25) is 11.8 Å². The predicted octanol–water partition coefficient (Wildman–Crippen LogP) is 0.0341. The van der Waals surface area contributed by atoms with Crippen LogP contribution in [0.4, 0.5) is 0 Å². The first-order valence-corrected chi connectivity index (χ1v) is 11.8. The third-order valence-corrected chi connectivity index (χ3v) is 6.92. The van der Waals surface area contributed by atoms with Gasteiger partial charge in [0.1, 0.15) is 6.04 Å². The number of rotatable bonds is 9. The highest BCUT2D eigenvalue weighted by molar-refractivity contribution is 5.96. The van der Waals surface area contributed by atoms with Gasteiger partial charge >= 0.3 is 5.97 Å². The van der Waals surface area contributed by atoms with E-state index in [0.717, 1.165) is 13.1 Å². The van der Waals surface area contributed by atoms with E-state index in [1.807, 2.05) is 19.1 Å². The molecule has 2 saturated heterocycles. The fourth-order valence-electron chi connectivity index (χ4n) is 5.23. The molecule has 2 fully saturated rings. The number of carbonyl (C=O) groups is 3. The van der Waals surface area contributed by atoms with Crippen LogP contribution in [0.5, 0.6) is 0 Å². The minimum absolute atomic E-state index is 0.117. The molecular weight excluding hydrogens is 414 g/mol. The summed E-state index contributed by atoms with van der Waals surface area (Å²) >= 11 is 0. The monoisotopic (exact) mass is 451 g/mol. The van der Waals surface area contributed by atoms with Gasteiger partial charge in [-0.2, -0.15) is 0 Å². The summed E-state index contributed by atoms with van der Waals surface area (Å²) in [7, 11) is 0. The molecule has 2 aliphatic heterocycles. The minimum Gasteiger partial charge on any atom is -0.466 e. The highest BCUT2D eigenvalue weighted by Crippen LogP contribution is 2.45. The van der Waals surface area contributed by atoms with E-state index in [-0.39, 0.29) is 30.9 Å². The number of aliphatic hydroxyl groups excluding tert-OH is 1. The maximum Gasteiger partial charge on any atom is 0.310 e. The van der Waals surface area contributed by atoms with Gasteiger partial charge in [-0.05, 0) is 26.2 Å². The molecule has 0 spiro atoms. The quantitative estimate of drug-likeness (QED) is 0.376. The van der Waals surface area contributed by atoms with E-state index in [0.29, 0.717) is 32.7 Å². The van der Waals surface area contributed by atoms with Crippen LogP contribution in [-0.4, -0.2) is 97.4 Å². The summed E-state index contributed by atoms with van der Waals surface area (Å²) in [5.41, 5.74) is 0. The van der Waals surface area contributed by atoms with E-state index in [1.165, 1.54) is 4.90 Å². The molecule has 3 rings (SSSR count). The van der Waals surface area contributed by atoms with Gasteiger partial charge in [0, 0.05) is 32.1 Å². The Bertz CT molecular complexity index is 708. The number of carbonyl (C=O) groups excluding carboxylic acids is 3. The van der Waals surface area contributed by atoms with Crippen molar-refractivity contribution in [1.82, 2.24) is 15.1 Å². The molecule has 3 aliphatic rings. The second-order valence-electron chi connectivity index (χ2n) is 8.80. The number of ether oxygens (including phenoxy) is 2. The number of amides is 2. The zero-order valence-corrected chi connectivity index (χ0v) is 19.4. The van der Waals surface area contributed by atoms with Crippen LogP contribution in [0.25, 0.3) is 0 Å². The van der Waals surface area contributed by atoms with E-state index in [2.05, 4.69) is 10.2 Å². The third-order valence-electron chi connectivity index (χ3n) is 6.92. The van der Waals surface area contributed by atoms with Gasteiger partial charge in [0.15, 0.2) is 0 Å². The average molecular weight is 452 g/mol. The fraction of sp³-hybridized carbons (Fsp3) is 0.783. The summed E-state index contributed by atoms with van der Waals surface area (Å²) in [6.45, 7) is 9.65. The molecule has 180 valence electrons. The van der Waals surface area contributed by atoms with Crippen LogP contribution in [0.3, 0.4) is 0 Å². The fourth-order valence-corrected chi connectivity index (χ4v) is 5.23. The Kier molecular flexibility index (Phi) is 8.67. The van der Waals surface area contributed by atoms with Crippen LogP contribution in [0, 0.1) is 23.7 Å². The molecule has 2 amide bonds. The van der Waals surface area contributed by atoms with Crippen LogP contribution >= 0.6 is 0 Å². The molecule has 32 heavy (non-hydrogen) atoms. The van der Waals surface area contributed by atoms with Gasteiger partial charge in [-0.3, -0.25) is 19.3 Å². The van der Waals surface area contributed by atoms with Crippen molar-refractivity contribution >= 4 is 17.8 Å². The van der Waals surface area contributed by atoms with E-state index >= 15 is 0 Å². The minimum atomic E-state index is -0.759. The number of aliphatic hydroxyl groups is 1. The maximum absolute atomic E-state index is 13.5. The number of hydrogen-bond acceptors (Lipinski definition) is 7. The molecule has 2 heterocycles. The molecule has 0 aromatic rings. The van der Waals surface area contributed by atoms with Crippen molar-refractivity contribution < 1.29 is 29.0 Å². The molecule has 0 aromatic carbocycles. The smallest absolute Gasteiger partial charge is 0.310 e. The molecule has 0 bridgehead atoms. The summed E-state index contributed by atoms with van der Waals surface area (Å²) in [6, 6.07) is -1.29.